The third kappa shape index (κ3) is 6.18. The van der Waals surface area contributed by atoms with Crippen LogP contribution in [0.2, 0.25) is 0 Å². The summed E-state index contributed by atoms with van der Waals surface area (Å²) >= 11 is 3.16. The minimum Gasteiger partial charge on any atom is -0.312 e. The van der Waals surface area contributed by atoms with Gasteiger partial charge in [-0.1, -0.05) is 6.07 Å². The predicted octanol–water partition coefficient (Wildman–Crippen LogP) is 4.30. The highest BCUT2D eigenvalue weighted by molar-refractivity contribution is 9.10. The second kappa shape index (κ2) is 6.50. The van der Waals surface area contributed by atoms with Gasteiger partial charge in [0.15, 0.2) is 0 Å². The third-order valence-electron chi connectivity index (χ3n) is 2.53. The molecule has 0 aliphatic carbocycles. The maximum absolute atomic E-state index is 13.3. The third-order valence-corrected chi connectivity index (χ3v) is 3.17. The fourth-order valence-electron chi connectivity index (χ4n) is 1.61. The number of benzene rings is 1. The summed E-state index contributed by atoms with van der Waals surface area (Å²) in [4.78, 5) is 0. The normalized spacial score (nSPS) is 11.8. The Labute approximate surface area is 112 Å². The molecule has 0 aliphatic heterocycles. The van der Waals surface area contributed by atoms with Crippen molar-refractivity contribution in [1.29, 1.82) is 0 Å². The summed E-state index contributed by atoms with van der Waals surface area (Å²) < 4.78 is 13.8. The molecular formula is C14H21BrFN. The van der Waals surface area contributed by atoms with Crippen LogP contribution in [0, 0.1) is 5.82 Å². The van der Waals surface area contributed by atoms with Crippen LogP contribution in [0.3, 0.4) is 0 Å². The molecule has 0 heterocycles. The van der Waals surface area contributed by atoms with Gasteiger partial charge in [-0.3, -0.25) is 0 Å². The predicted molar refractivity (Wildman–Crippen MR) is 74.8 cm³/mol. The molecule has 17 heavy (non-hydrogen) atoms. The van der Waals surface area contributed by atoms with Crippen molar-refractivity contribution in [3.8, 4) is 0 Å². The van der Waals surface area contributed by atoms with E-state index in [1.165, 1.54) is 0 Å². The first-order valence-corrected chi connectivity index (χ1v) is 6.87. The highest BCUT2D eigenvalue weighted by atomic mass is 79.9. The van der Waals surface area contributed by atoms with Crippen LogP contribution in [0.25, 0.3) is 0 Å². The van der Waals surface area contributed by atoms with Gasteiger partial charge in [-0.05, 0) is 80.2 Å². The topological polar surface area (TPSA) is 12.0 Å². The molecule has 1 rings (SSSR count). The highest BCUT2D eigenvalue weighted by Gasteiger charge is 2.07. The second-order valence-electron chi connectivity index (χ2n) is 5.38. The lowest BCUT2D eigenvalue weighted by Gasteiger charge is -2.20. The Morgan fingerprint density at radius 1 is 1.24 bits per heavy atom. The number of hydrogen-bond donors (Lipinski definition) is 1. The van der Waals surface area contributed by atoms with Crippen molar-refractivity contribution >= 4 is 15.9 Å². The zero-order valence-corrected chi connectivity index (χ0v) is 12.4. The van der Waals surface area contributed by atoms with Gasteiger partial charge in [0, 0.05) is 5.54 Å². The number of hydrogen-bond acceptors (Lipinski definition) is 1. The molecule has 1 nitrogen and oxygen atoms in total. The summed E-state index contributed by atoms with van der Waals surface area (Å²) in [6.07, 6.45) is 3.15. The van der Waals surface area contributed by atoms with Gasteiger partial charge in [0.05, 0.1) is 4.47 Å². The number of nitrogens with one attached hydrogen (secondary N) is 1. The van der Waals surface area contributed by atoms with Crippen molar-refractivity contribution < 1.29 is 4.39 Å². The number of aryl methyl sites for hydroxylation is 1. The van der Waals surface area contributed by atoms with E-state index in [2.05, 4.69) is 42.0 Å². The lowest BCUT2D eigenvalue weighted by molar-refractivity contribution is 0.419. The molecule has 1 aromatic rings. The largest absolute Gasteiger partial charge is 0.312 e. The minimum absolute atomic E-state index is 0.171. The summed E-state index contributed by atoms with van der Waals surface area (Å²) in [6, 6.07) is 5.36. The molecule has 0 radical (unpaired) electrons. The molecule has 0 fully saturated rings. The van der Waals surface area contributed by atoms with Gasteiger partial charge in [0.2, 0.25) is 0 Å². The Kier molecular flexibility index (Phi) is 5.60. The van der Waals surface area contributed by atoms with E-state index in [4.69, 9.17) is 0 Å². The Balaban J connectivity index is 2.25. The van der Waals surface area contributed by atoms with E-state index in [1.807, 2.05) is 6.07 Å². The summed E-state index contributed by atoms with van der Waals surface area (Å²) in [5, 5.41) is 3.45. The first-order valence-electron chi connectivity index (χ1n) is 6.07. The van der Waals surface area contributed by atoms with Crippen molar-refractivity contribution in [3.63, 3.8) is 0 Å². The van der Waals surface area contributed by atoms with E-state index in [0.717, 1.165) is 31.4 Å². The zero-order valence-electron chi connectivity index (χ0n) is 10.8. The summed E-state index contributed by atoms with van der Waals surface area (Å²) in [5.41, 5.74) is 1.26. The average Bonchev–Trinajstić information content (AvgIpc) is 2.21. The molecule has 1 N–H and O–H groups in total. The molecule has 0 amide bonds. The Bertz CT molecular complexity index is 358. The lowest BCUT2D eigenvalue weighted by atomic mass is 10.1. The molecule has 0 bridgehead atoms. The van der Waals surface area contributed by atoms with Gasteiger partial charge in [-0.15, -0.1) is 0 Å². The molecule has 0 spiro atoms. The Hall–Kier alpha value is -0.410. The molecule has 0 saturated carbocycles. The first-order chi connectivity index (χ1) is 7.88. The highest BCUT2D eigenvalue weighted by Crippen LogP contribution is 2.17. The lowest BCUT2D eigenvalue weighted by Crippen LogP contribution is -2.36. The van der Waals surface area contributed by atoms with E-state index < -0.39 is 0 Å². The fourth-order valence-corrected chi connectivity index (χ4v) is 1.86. The van der Waals surface area contributed by atoms with E-state index in [0.29, 0.717) is 4.47 Å². The maximum atomic E-state index is 13.3. The second-order valence-corrected chi connectivity index (χ2v) is 6.24. The molecule has 0 saturated heterocycles. The van der Waals surface area contributed by atoms with Crippen molar-refractivity contribution in [2.75, 3.05) is 6.54 Å². The van der Waals surface area contributed by atoms with Gasteiger partial charge in [-0.2, -0.15) is 0 Å². The molecule has 3 heteroatoms. The van der Waals surface area contributed by atoms with E-state index in [9.17, 15) is 4.39 Å². The fraction of sp³-hybridized carbons (Fsp3) is 0.571. The quantitative estimate of drug-likeness (QED) is 0.800. The monoisotopic (exact) mass is 301 g/mol. The Morgan fingerprint density at radius 2 is 1.94 bits per heavy atom. The SMILES string of the molecule is CC(C)(C)NCCCCc1ccc(Br)c(F)c1. The van der Waals surface area contributed by atoms with E-state index >= 15 is 0 Å². The van der Waals surface area contributed by atoms with E-state index in [1.54, 1.807) is 12.1 Å². The molecular weight excluding hydrogens is 281 g/mol. The van der Waals surface area contributed by atoms with Gasteiger partial charge >= 0.3 is 0 Å². The smallest absolute Gasteiger partial charge is 0.137 e. The van der Waals surface area contributed by atoms with Crippen LogP contribution in [0.15, 0.2) is 22.7 Å². The van der Waals surface area contributed by atoms with Crippen LogP contribution >= 0.6 is 15.9 Å². The molecule has 1 aromatic carbocycles. The standard InChI is InChI=1S/C14H21BrFN/c1-14(2,3)17-9-5-4-6-11-7-8-12(15)13(16)10-11/h7-8,10,17H,4-6,9H2,1-3H3. The molecule has 0 unspecified atom stereocenters. The van der Waals surface area contributed by atoms with Crippen LogP contribution in [0.5, 0.6) is 0 Å². The molecule has 96 valence electrons. The van der Waals surface area contributed by atoms with E-state index in [-0.39, 0.29) is 11.4 Å². The molecule has 0 aromatic heterocycles. The van der Waals surface area contributed by atoms with Gasteiger partial charge < -0.3 is 5.32 Å². The van der Waals surface area contributed by atoms with Crippen LogP contribution in [-0.2, 0) is 6.42 Å². The van der Waals surface area contributed by atoms with Crippen LogP contribution in [0.4, 0.5) is 4.39 Å². The van der Waals surface area contributed by atoms with Gasteiger partial charge in [-0.25, -0.2) is 4.39 Å². The number of rotatable bonds is 5. The number of halogens is 2. The number of unbranched alkanes of at least 4 members (excludes halogenated alkanes) is 1. The van der Waals surface area contributed by atoms with Gasteiger partial charge in [0.1, 0.15) is 5.82 Å². The van der Waals surface area contributed by atoms with Crippen molar-refractivity contribution in [2.24, 2.45) is 0 Å². The van der Waals surface area contributed by atoms with Crippen LogP contribution in [0.1, 0.15) is 39.2 Å². The van der Waals surface area contributed by atoms with Gasteiger partial charge in [0.25, 0.3) is 0 Å². The minimum atomic E-state index is -0.171. The van der Waals surface area contributed by atoms with Crippen molar-refractivity contribution in [3.05, 3.63) is 34.1 Å². The summed E-state index contributed by atoms with van der Waals surface area (Å²) in [6.45, 7) is 7.51. The zero-order chi connectivity index (χ0) is 12.9. The van der Waals surface area contributed by atoms with Crippen LogP contribution in [-0.4, -0.2) is 12.1 Å². The Morgan fingerprint density at radius 3 is 2.53 bits per heavy atom. The molecule has 0 atom stereocenters. The average molecular weight is 302 g/mol. The van der Waals surface area contributed by atoms with Crippen molar-refractivity contribution in [2.45, 2.75) is 45.6 Å². The summed E-state index contributed by atoms with van der Waals surface area (Å²) in [5.74, 6) is -0.171. The van der Waals surface area contributed by atoms with Crippen LogP contribution < -0.4 is 5.32 Å². The van der Waals surface area contributed by atoms with Crippen molar-refractivity contribution in [1.82, 2.24) is 5.32 Å². The summed E-state index contributed by atoms with van der Waals surface area (Å²) in [7, 11) is 0. The molecule has 0 aliphatic rings. The first kappa shape index (κ1) is 14.7. The maximum Gasteiger partial charge on any atom is 0.137 e.